The maximum atomic E-state index is 2.28. The summed E-state index contributed by atoms with van der Waals surface area (Å²) in [6, 6.07) is 0. The fourth-order valence-electron chi connectivity index (χ4n) is 2.50. The second kappa shape index (κ2) is 15.1. The van der Waals surface area contributed by atoms with Gasteiger partial charge in [0.05, 0.1) is 0 Å². The zero-order chi connectivity index (χ0) is 14.8. The van der Waals surface area contributed by atoms with Crippen molar-refractivity contribution >= 4 is 0 Å². The fourth-order valence-corrected chi connectivity index (χ4v) is 2.50. The minimum absolute atomic E-state index is 1.22. The van der Waals surface area contributed by atoms with Crippen LogP contribution in [0.3, 0.4) is 0 Å². The Bertz CT molecular complexity index is 318. The summed E-state index contributed by atoms with van der Waals surface area (Å²) in [4.78, 5) is 0. The summed E-state index contributed by atoms with van der Waals surface area (Å²) < 4.78 is 0. The highest BCUT2D eigenvalue weighted by molar-refractivity contribution is 5.17. The lowest BCUT2D eigenvalue weighted by Crippen LogP contribution is -1.81. The second-order valence-corrected chi connectivity index (χ2v) is 5.77. The third-order valence-electron chi connectivity index (χ3n) is 3.79. The van der Waals surface area contributed by atoms with Crippen LogP contribution in [0.15, 0.2) is 60.8 Å². The van der Waals surface area contributed by atoms with Crippen LogP contribution in [0.2, 0.25) is 0 Å². The topological polar surface area (TPSA) is 0 Å². The lowest BCUT2D eigenvalue weighted by atomic mass is 10.1. The molecule has 0 bridgehead atoms. The Morgan fingerprint density at radius 1 is 0.286 bits per heavy atom. The Labute approximate surface area is 132 Å². The van der Waals surface area contributed by atoms with Crippen molar-refractivity contribution in [1.82, 2.24) is 0 Å². The second-order valence-electron chi connectivity index (χ2n) is 5.77. The molecule has 21 heavy (non-hydrogen) atoms. The summed E-state index contributed by atoms with van der Waals surface area (Å²) in [6.45, 7) is 0. The largest absolute Gasteiger partial charge is 0.0845 e. The molecule has 0 aromatic rings. The van der Waals surface area contributed by atoms with Gasteiger partial charge in [-0.05, 0) is 25.7 Å². The summed E-state index contributed by atoms with van der Waals surface area (Å²) in [6.07, 6.45) is 36.5. The lowest BCUT2D eigenvalue weighted by Gasteiger charge is -2.01. The molecule has 0 saturated carbocycles. The van der Waals surface area contributed by atoms with Crippen LogP contribution >= 0.6 is 0 Å². The smallest absolute Gasteiger partial charge is 0.0348 e. The van der Waals surface area contributed by atoms with Crippen LogP contribution in [0, 0.1) is 0 Å². The van der Waals surface area contributed by atoms with Crippen molar-refractivity contribution in [2.24, 2.45) is 0 Å². The summed E-state index contributed by atoms with van der Waals surface area (Å²) in [5.74, 6) is 0. The third kappa shape index (κ3) is 13.4. The van der Waals surface area contributed by atoms with Gasteiger partial charge in [-0.1, -0.05) is 106 Å². The summed E-state index contributed by atoms with van der Waals surface area (Å²) >= 11 is 0. The van der Waals surface area contributed by atoms with E-state index in [1.165, 1.54) is 70.6 Å². The molecule has 0 fully saturated rings. The van der Waals surface area contributed by atoms with Gasteiger partial charge in [0.25, 0.3) is 0 Å². The van der Waals surface area contributed by atoms with Crippen molar-refractivity contribution < 1.29 is 0 Å². The molecule has 0 atom stereocenters. The van der Waals surface area contributed by atoms with Crippen LogP contribution in [-0.4, -0.2) is 0 Å². The van der Waals surface area contributed by atoms with Crippen molar-refractivity contribution in [1.29, 1.82) is 0 Å². The molecule has 0 heteroatoms. The monoisotopic (exact) mass is 284 g/mol. The molecule has 0 N–H and O–H groups in total. The summed E-state index contributed by atoms with van der Waals surface area (Å²) in [7, 11) is 0. The predicted molar refractivity (Wildman–Crippen MR) is 96.5 cm³/mol. The van der Waals surface area contributed by atoms with E-state index in [1.54, 1.807) is 0 Å². The molecule has 0 amide bonds. The normalized spacial score (nSPS) is 26.3. The predicted octanol–water partition coefficient (Wildman–Crippen LogP) is 7.07. The number of hydrogen-bond acceptors (Lipinski definition) is 0. The average molecular weight is 284 g/mol. The first kappa shape index (κ1) is 17.8. The van der Waals surface area contributed by atoms with E-state index < -0.39 is 0 Å². The van der Waals surface area contributed by atoms with Gasteiger partial charge in [0, 0.05) is 0 Å². The third-order valence-corrected chi connectivity index (χ3v) is 3.79. The van der Waals surface area contributed by atoms with Crippen molar-refractivity contribution in [3.05, 3.63) is 60.8 Å². The molecule has 1 aliphatic carbocycles. The Morgan fingerprint density at radius 3 is 0.952 bits per heavy atom. The zero-order valence-electron chi connectivity index (χ0n) is 13.6. The van der Waals surface area contributed by atoms with Crippen LogP contribution in [-0.2, 0) is 0 Å². The van der Waals surface area contributed by atoms with Gasteiger partial charge in [-0.3, -0.25) is 0 Å². The number of hydrogen-bond donors (Lipinski definition) is 0. The molecule has 0 heterocycles. The van der Waals surface area contributed by atoms with Crippen LogP contribution in [0.4, 0.5) is 0 Å². The van der Waals surface area contributed by atoms with E-state index in [-0.39, 0.29) is 0 Å². The van der Waals surface area contributed by atoms with Crippen LogP contribution in [0.1, 0.15) is 70.6 Å². The Balaban J connectivity index is 2.30. The van der Waals surface area contributed by atoms with E-state index in [0.717, 1.165) is 0 Å². The van der Waals surface area contributed by atoms with Crippen molar-refractivity contribution in [3.8, 4) is 0 Å². The maximum Gasteiger partial charge on any atom is -0.0348 e. The van der Waals surface area contributed by atoms with E-state index >= 15 is 0 Å². The molecule has 1 aliphatic rings. The van der Waals surface area contributed by atoms with E-state index in [2.05, 4.69) is 60.8 Å². The summed E-state index contributed by atoms with van der Waals surface area (Å²) in [5.41, 5.74) is 0. The van der Waals surface area contributed by atoms with Gasteiger partial charge in [0.2, 0.25) is 0 Å². The SMILES string of the molecule is C1=CCCCCCCCCCCC\C=C/C=C/C=C/C=C/1. The molecule has 0 aromatic carbocycles. The maximum absolute atomic E-state index is 2.28. The molecule has 0 nitrogen and oxygen atoms in total. The minimum atomic E-state index is 1.22. The highest BCUT2D eigenvalue weighted by Crippen LogP contribution is 2.11. The van der Waals surface area contributed by atoms with Gasteiger partial charge in [0.1, 0.15) is 0 Å². The van der Waals surface area contributed by atoms with Gasteiger partial charge >= 0.3 is 0 Å². The lowest BCUT2D eigenvalue weighted by molar-refractivity contribution is 0.561. The molecule has 0 radical (unpaired) electrons. The first-order chi connectivity index (χ1) is 10.5. The van der Waals surface area contributed by atoms with Crippen molar-refractivity contribution in [2.75, 3.05) is 0 Å². The van der Waals surface area contributed by atoms with Crippen LogP contribution in [0.5, 0.6) is 0 Å². The molecule has 1 rings (SSSR count). The molecular formula is C21H32. The molecule has 0 saturated heterocycles. The minimum Gasteiger partial charge on any atom is -0.0845 e. The first-order valence-electron chi connectivity index (χ1n) is 8.82. The summed E-state index contributed by atoms with van der Waals surface area (Å²) in [5, 5.41) is 0. The average Bonchev–Trinajstić information content (AvgIpc) is 2.50. The fraction of sp³-hybridized carbons (Fsp3) is 0.524. The number of allylic oxidation sites excluding steroid dienone is 10. The highest BCUT2D eigenvalue weighted by atomic mass is 14.0. The molecule has 0 aromatic heterocycles. The van der Waals surface area contributed by atoms with E-state index in [0.29, 0.717) is 0 Å². The Morgan fingerprint density at radius 2 is 0.571 bits per heavy atom. The standard InChI is InChI=1S/C21H32/c1-2-4-6-8-10-12-14-16-18-20-21-19-17-15-13-11-9-7-5-3-1/h1-10H,11-21H2/b2-1+,5-3+,6-4+,9-7-,10-8?. The van der Waals surface area contributed by atoms with Crippen molar-refractivity contribution in [3.63, 3.8) is 0 Å². The van der Waals surface area contributed by atoms with Crippen LogP contribution in [0.25, 0.3) is 0 Å². The van der Waals surface area contributed by atoms with Gasteiger partial charge in [-0.15, -0.1) is 0 Å². The van der Waals surface area contributed by atoms with E-state index in [4.69, 9.17) is 0 Å². The number of rotatable bonds is 0. The quantitative estimate of drug-likeness (QED) is 0.446. The molecule has 0 spiro atoms. The molecule has 116 valence electrons. The molecular weight excluding hydrogens is 252 g/mol. The van der Waals surface area contributed by atoms with Gasteiger partial charge in [0.15, 0.2) is 0 Å². The Hall–Kier alpha value is -1.30. The van der Waals surface area contributed by atoms with Crippen molar-refractivity contribution in [2.45, 2.75) is 70.6 Å². The van der Waals surface area contributed by atoms with E-state index in [9.17, 15) is 0 Å². The zero-order valence-corrected chi connectivity index (χ0v) is 13.6. The molecule has 0 unspecified atom stereocenters. The van der Waals surface area contributed by atoms with E-state index in [1.807, 2.05) is 0 Å². The molecule has 0 aliphatic heterocycles. The highest BCUT2D eigenvalue weighted by Gasteiger charge is 1.92. The van der Waals surface area contributed by atoms with Gasteiger partial charge in [-0.25, -0.2) is 0 Å². The Kier molecular flexibility index (Phi) is 12.8. The van der Waals surface area contributed by atoms with Crippen LogP contribution < -0.4 is 0 Å². The van der Waals surface area contributed by atoms with Gasteiger partial charge < -0.3 is 0 Å². The first-order valence-corrected chi connectivity index (χ1v) is 8.82. The van der Waals surface area contributed by atoms with Gasteiger partial charge in [-0.2, -0.15) is 0 Å².